The van der Waals surface area contributed by atoms with Gasteiger partial charge >= 0.3 is 0 Å². The molecule has 1 atom stereocenters. The van der Waals surface area contributed by atoms with Crippen molar-refractivity contribution in [3.8, 4) is 11.5 Å². The van der Waals surface area contributed by atoms with E-state index in [0.717, 1.165) is 5.56 Å². The molecule has 3 heteroatoms. The van der Waals surface area contributed by atoms with Crippen LogP contribution in [0.25, 0.3) is 11.5 Å². The van der Waals surface area contributed by atoms with Gasteiger partial charge in [-0.15, -0.1) is 0 Å². The molecule has 1 unspecified atom stereocenters. The number of oxazole rings is 1. The Morgan fingerprint density at radius 1 is 1.29 bits per heavy atom. The summed E-state index contributed by atoms with van der Waals surface area (Å²) in [6, 6.07) is 9.60. The van der Waals surface area contributed by atoms with E-state index < -0.39 is 6.10 Å². The highest BCUT2D eigenvalue weighted by Gasteiger charge is 2.09. The van der Waals surface area contributed by atoms with Crippen LogP contribution in [0.15, 0.2) is 40.9 Å². The first-order chi connectivity index (χ1) is 6.77. The fourth-order valence-corrected chi connectivity index (χ4v) is 1.19. The summed E-state index contributed by atoms with van der Waals surface area (Å²) in [7, 11) is 0. The number of aliphatic hydroxyl groups is 1. The van der Waals surface area contributed by atoms with Crippen LogP contribution in [0, 0.1) is 0 Å². The van der Waals surface area contributed by atoms with Crippen LogP contribution in [0.5, 0.6) is 0 Å². The zero-order chi connectivity index (χ0) is 9.97. The van der Waals surface area contributed by atoms with Gasteiger partial charge in [0.1, 0.15) is 6.10 Å². The minimum atomic E-state index is -0.611. The van der Waals surface area contributed by atoms with Crippen molar-refractivity contribution in [1.29, 1.82) is 0 Å². The summed E-state index contributed by atoms with van der Waals surface area (Å²) in [6.45, 7) is 1.65. The summed E-state index contributed by atoms with van der Waals surface area (Å²) in [5.41, 5.74) is 0.916. The molecule has 1 aromatic carbocycles. The van der Waals surface area contributed by atoms with Crippen molar-refractivity contribution in [2.45, 2.75) is 13.0 Å². The van der Waals surface area contributed by atoms with Gasteiger partial charge in [-0.1, -0.05) is 18.2 Å². The van der Waals surface area contributed by atoms with Crippen molar-refractivity contribution in [3.63, 3.8) is 0 Å². The molecule has 0 aliphatic carbocycles. The molecule has 1 N–H and O–H groups in total. The van der Waals surface area contributed by atoms with Gasteiger partial charge in [-0.2, -0.15) is 0 Å². The van der Waals surface area contributed by atoms with Crippen LogP contribution < -0.4 is 0 Å². The number of rotatable bonds is 2. The normalized spacial score (nSPS) is 12.7. The Labute approximate surface area is 82.0 Å². The summed E-state index contributed by atoms with van der Waals surface area (Å²) < 4.78 is 5.37. The molecule has 14 heavy (non-hydrogen) atoms. The number of aromatic nitrogens is 1. The van der Waals surface area contributed by atoms with Crippen molar-refractivity contribution in [1.82, 2.24) is 4.98 Å². The van der Waals surface area contributed by atoms with Gasteiger partial charge in [0.2, 0.25) is 5.89 Å². The first kappa shape index (κ1) is 8.97. The lowest BCUT2D eigenvalue weighted by Gasteiger charge is -1.96. The molecule has 72 valence electrons. The van der Waals surface area contributed by atoms with Gasteiger partial charge in [0.15, 0.2) is 5.76 Å². The van der Waals surface area contributed by atoms with Crippen molar-refractivity contribution >= 4 is 0 Å². The smallest absolute Gasteiger partial charge is 0.226 e. The van der Waals surface area contributed by atoms with Gasteiger partial charge in [0, 0.05) is 5.56 Å². The van der Waals surface area contributed by atoms with Crippen molar-refractivity contribution < 1.29 is 9.52 Å². The Bertz CT molecular complexity index is 406. The largest absolute Gasteiger partial charge is 0.438 e. The van der Waals surface area contributed by atoms with E-state index in [1.54, 1.807) is 13.1 Å². The molecular formula is C11H11NO2. The predicted octanol–water partition coefficient (Wildman–Crippen LogP) is 2.39. The second-order valence-corrected chi connectivity index (χ2v) is 3.11. The molecule has 0 saturated heterocycles. The Morgan fingerprint density at radius 3 is 2.57 bits per heavy atom. The fraction of sp³-hybridized carbons (Fsp3) is 0.182. The number of hydrogen-bond acceptors (Lipinski definition) is 3. The lowest BCUT2D eigenvalue weighted by molar-refractivity contribution is 0.170. The molecule has 0 spiro atoms. The number of benzene rings is 1. The van der Waals surface area contributed by atoms with Crippen molar-refractivity contribution in [3.05, 3.63) is 42.3 Å². The van der Waals surface area contributed by atoms with Crippen LogP contribution in [-0.4, -0.2) is 10.1 Å². The molecule has 0 aliphatic heterocycles. The third kappa shape index (κ3) is 1.67. The third-order valence-electron chi connectivity index (χ3n) is 1.96. The van der Waals surface area contributed by atoms with Crippen molar-refractivity contribution in [2.75, 3.05) is 0 Å². The maximum absolute atomic E-state index is 9.25. The number of nitrogens with zero attached hydrogens (tertiary/aromatic N) is 1. The molecular weight excluding hydrogens is 178 g/mol. The Hall–Kier alpha value is -1.61. The Morgan fingerprint density at radius 2 is 2.00 bits per heavy atom. The molecule has 0 aliphatic rings. The van der Waals surface area contributed by atoms with E-state index in [4.69, 9.17) is 4.42 Å². The van der Waals surface area contributed by atoms with E-state index in [2.05, 4.69) is 4.98 Å². The summed E-state index contributed by atoms with van der Waals surface area (Å²) in [5.74, 6) is 1.03. The predicted molar refractivity (Wildman–Crippen MR) is 52.6 cm³/mol. The highest BCUT2D eigenvalue weighted by atomic mass is 16.4. The van der Waals surface area contributed by atoms with Crippen LogP contribution in [0.4, 0.5) is 0 Å². The SMILES string of the molecule is CC(O)c1cnc(-c2ccccc2)o1. The van der Waals surface area contributed by atoms with Gasteiger partial charge in [-0.05, 0) is 19.1 Å². The molecule has 0 radical (unpaired) electrons. The van der Waals surface area contributed by atoms with E-state index >= 15 is 0 Å². The standard InChI is InChI=1S/C11H11NO2/c1-8(13)10-7-12-11(14-10)9-5-3-2-4-6-9/h2-8,13H,1H3. The molecule has 2 rings (SSSR count). The monoisotopic (exact) mass is 189 g/mol. The topological polar surface area (TPSA) is 46.3 Å². The second-order valence-electron chi connectivity index (χ2n) is 3.11. The maximum Gasteiger partial charge on any atom is 0.226 e. The molecule has 1 heterocycles. The first-order valence-corrected chi connectivity index (χ1v) is 4.46. The molecule has 2 aromatic rings. The average Bonchev–Trinajstić information content (AvgIpc) is 2.68. The third-order valence-corrected chi connectivity index (χ3v) is 1.96. The van der Waals surface area contributed by atoms with Gasteiger partial charge in [0.05, 0.1) is 6.20 Å². The highest BCUT2D eigenvalue weighted by Crippen LogP contribution is 2.21. The molecule has 0 bridgehead atoms. The van der Waals surface area contributed by atoms with Gasteiger partial charge in [-0.3, -0.25) is 0 Å². The highest BCUT2D eigenvalue weighted by molar-refractivity contribution is 5.52. The van der Waals surface area contributed by atoms with Crippen LogP contribution >= 0.6 is 0 Å². The van der Waals surface area contributed by atoms with E-state index in [0.29, 0.717) is 11.7 Å². The molecule has 3 nitrogen and oxygen atoms in total. The number of aliphatic hydroxyl groups excluding tert-OH is 1. The van der Waals surface area contributed by atoms with Crippen LogP contribution in [-0.2, 0) is 0 Å². The molecule has 1 aromatic heterocycles. The van der Waals surface area contributed by atoms with E-state index in [9.17, 15) is 5.11 Å². The minimum Gasteiger partial charge on any atom is -0.438 e. The van der Waals surface area contributed by atoms with Crippen LogP contribution in [0.1, 0.15) is 18.8 Å². The minimum absolute atomic E-state index is 0.490. The average molecular weight is 189 g/mol. The zero-order valence-electron chi connectivity index (χ0n) is 7.84. The first-order valence-electron chi connectivity index (χ1n) is 4.46. The molecule has 0 fully saturated rings. The zero-order valence-corrected chi connectivity index (χ0v) is 7.84. The number of hydrogen-bond donors (Lipinski definition) is 1. The van der Waals surface area contributed by atoms with Gasteiger partial charge in [0.25, 0.3) is 0 Å². The van der Waals surface area contributed by atoms with Gasteiger partial charge in [-0.25, -0.2) is 4.98 Å². The lowest BCUT2D eigenvalue weighted by atomic mass is 10.2. The quantitative estimate of drug-likeness (QED) is 0.789. The molecule has 0 saturated carbocycles. The second kappa shape index (κ2) is 3.64. The summed E-state index contributed by atoms with van der Waals surface area (Å²) in [4.78, 5) is 4.08. The van der Waals surface area contributed by atoms with E-state index in [1.165, 1.54) is 0 Å². The Balaban J connectivity index is 2.34. The van der Waals surface area contributed by atoms with E-state index in [-0.39, 0.29) is 0 Å². The van der Waals surface area contributed by atoms with Gasteiger partial charge < -0.3 is 9.52 Å². The van der Waals surface area contributed by atoms with Crippen LogP contribution in [0.3, 0.4) is 0 Å². The molecule has 0 amide bonds. The van der Waals surface area contributed by atoms with E-state index in [1.807, 2.05) is 30.3 Å². The summed E-state index contributed by atoms with van der Waals surface area (Å²) in [5, 5.41) is 9.25. The lowest BCUT2D eigenvalue weighted by Crippen LogP contribution is -1.85. The van der Waals surface area contributed by atoms with Crippen molar-refractivity contribution in [2.24, 2.45) is 0 Å². The summed E-state index contributed by atoms with van der Waals surface area (Å²) >= 11 is 0. The maximum atomic E-state index is 9.25. The Kier molecular flexibility index (Phi) is 2.33. The fourth-order valence-electron chi connectivity index (χ4n) is 1.19. The van der Waals surface area contributed by atoms with Crippen LogP contribution in [0.2, 0.25) is 0 Å². The summed E-state index contributed by atoms with van der Waals surface area (Å²) in [6.07, 6.45) is 0.937.